The third-order valence-corrected chi connectivity index (χ3v) is 3.72. The van der Waals surface area contributed by atoms with Gasteiger partial charge in [-0.1, -0.05) is 19.1 Å². The first kappa shape index (κ1) is 17.7. The van der Waals surface area contributed by atoms with Crippen LogP contribution >= 0.6 is 0 Å². The van der Waals surface area contributed by atoms with Gasteiger partial charge in [-0.2, -0.15) is 0 Å². The number of amides is 2. The molecule has 0 aliphatic carbocycles. The van der Waals surface area contributed by atoms with Crippen LogP contribution in [0.5, 0.6) is 5.75 Å². The monoisotopic (exact) mass is 336 g/mol. The number of anilines is 1. The van der Waals surface area contributed by atoms with Crippen LogP contribution in [0.4, 0.5) is 5.69 Å². The Morgan fingerprint density at radius 1 is 1.38 bits per heavy atom. The van der Waals surface area contributed by atoms with E-state index in [1.807, 2.05) is 6.92 Å². The van der Waals surface area contributed by atoms with E-state index in [0.29, 0.717) is 17.9 Å². The molecule has 0 radical (unpaired) electrons. The van der Waals surface area contributed by atoms with Crippen LogP contribution in [0.15, 0.2) is 24.3 Å². The minimum Gasteiger partial charge on any atom is -0.480 e. The number of hydrogen-bond donors (Lipinski definition) is 3. The number of benzene rings is 1. The molecule has 8 nitrogen and oxygen atoms in total. The molecular formula is C16H20N2O6. The molecule has 1 aliphatic heterocycles. The van der Waals surface area contributed by atoms with E-state index in [4.69, 9.17) is 14.9 Å². The average Bonchev–Trinajstić information content (AvgIpc) is 2.58. The third kappa shape index (κ3) is 3.83. The number of aliphatic hydroxyl groups excluding tert-OH is 1. The van der Waals surface area contributed by atoms with E-state index in [2.05, 4.69) is 5.32 Å². The highest BCUT2D eigenvalue weighted by atomic mass is 16.5. The molecule has 130 valence electrons. The number of carbonyl (C=O) groups excluding carboxylic acids is 2. The summed E-state index contributed by atoms with van der Waals surface area (Å²) in [5.74, 6) is -1.53. The van der Waals surface area contributed by atoms with Gasteiger partial charge in [0.25, 0.3) is 5.91 Å². The molecule has 2 atom stereocenters. The predicted octanol–water partition coefficient (Wildman–Crippen LogP) is 0.142. The van der Waals surface area contributed by atoms with Crippen molar-refractivity contribution < 1.29 is 29.3 Å². The van der Waals surface area contributed by atoms with Crippen molar-refractivity contribution in [3.63, 3.8) is 0 Å². The number of fused-ring (bicyclic) bond motifs is 1. The Morgan fingerprint density at radius 2 is 2.08 bits per heavy atom. The number of carboxylic acid groups (broad SMARTS) is 1. The molecule has 0 bridgehead atoms. The molecule has 1 aliphatic rings. The van der Waals surface area contributed by atoms with Gasteiger partial charge in [0.1, 0.15) is 11.8 Å². The van der Waals surface area contributed by atoms with Gasteiger partial charge in [-0.25, -0.2) is 4.79 Å². The van der Waals surface area contributed by atoms with Crippen molar-refractivity contribution in [2.24, 2.45) is 0 Å². The largest absolute Gasteiger partial charge is 0.480 e. The highest BCUT2D eigenvalue weighted by molar-refractivity contribution is 6.00. The molecule has 1 aromatic rings. The Bertz CT molecular complexity index is 633. The molecule has 8 heteroatoms. The number of carbonyl (C=O) groups is 3. The Balaban J connectivity index is 2.06. The minimum atomic E-state index is -1.35. The first-order chi connectivity index (χ1) is 11.5. The van der Waals surface area contributed by atoms with Crippen LogP contribution in [-0.2, 0) is 14.4 Å². The Kier molecular flexibility index (Phi) is 5.75. The summed E-state index contributed by atoms with van der Waals surface area (Å²) >= 11 is 0. The molecule has 2 amide bonds. The standard InChI is InChI=1S/C16H20N2O6/c1-2-12-15(21)18(11-5-3-4-6-13(11)24-12)8-7-14(20)17-10(9-19)16(22)23/h3-6,10,12,19H,2,7-9H2,1H3,(H,17,20)(H,22,23). The molecule has 0 spiro atoms. The van der Waals surface area contributed by atoms with Gasteiger partial charge in [-0.05, 0) is 18.6 Å². The Morgan fingerprint density at radius 3 is 2.71 bits per heavy atom. The molecular weight excluding hydrogens is 316 g/mol. The number of para-hydroxylation sites is 2. The summed E-state index contributed by atoms with van der Waals surface area (Å²) in [4.78, 5) is 36.6. The number of nitrogens with zero attached hydrogens (tertiary/aromatic N) is 1. The summed E-state index contributed by atoms with van der Waals surface area (Å²) < 4.78 is 5.64. The van der Waals surface area contributed by atoms with Gasteiger partial charge in [0.15, 0.2) is 6.10 Å². The highest BCUT2D eigenvalue weighted by Crippen LogP contribution is 2.34. The first-order valence-corrected chi connectivity index (χ1v) is 7.68. The summed E-state index contributed by atoms with van der Waals surface area (Å²) in [6.07, 6.45) is -0.186. The maximum absolute atomic E-state index is 12.5. The van der Waals surface area contributed by atoms with Crippen molar-refractivity contribution >= 4 is 23.5 Å². The van der Waals surface area contributed by atoms with E-state index >= 15 is 0 Å². The zero-order chi connectivity index (χ0) is 17.7. The summed E-state index contributed by atoms with van der Waals surface area (Å²) in [6, 6.07) is 5.69. The molecule has 3 N–H and O–H groups in total. The number of ether oxygens (including phenoxy) is 1. The fraction of sp³-hybridized carbons (Fsp3) is 0.438. The van der Waals surface area contributed by atoms with Gasteiger partial charge in [-0.3, -0.25) is 9.59 Å². The van der Waals surface area contributed by atoms with E-state index < -0.39 is 30.6 Å². The number of carboxylic acids is 1. The molecule has 0 saturated carbocycles. The van der Waals surface area contributed by atoms with Gasteiger partial charge in [0.2, 0.25) is 5.91 Å². The Hall–Kier alpha value is -2.61. The lowest BCUT2D eigenvalue weighted by Crippen LogP contribution is -2.48. The minimum absolute atomic E-state index is 0.0830. The van der Waals surface area contributed by atoms with E-state index in [-0.39, 0.29) is 18.9 Å². The number of aliphatic carboxylic acids is 1. The summed E-state index contributed by atoms with van der Waals surface area (Å²) in [7, 11) is 0. The fourth-order valence-electron chi connectivity index (χ4n) is 2.43. The van der Waals surface area contributed by atoms with Crippen molar-refractivity contribution in [1.82, 2.24) is 5.32 Å². The van der Waals surface area contributed by atoms with Crippen LogP contribution in [0.3, 0.4) is 0 Å². The molecule has 2 unspecified atom stereocenters. The summed E-state index contributed by atoms with van der Waals surface area (Å²) in [6.45, 7) is 1.23. The zero-order valence-electron chi connectivity index (χ0n) is 13.3. The van der Waals surface area contributed by atoms with E-state index in [1.54, 1.807) is 24.3 Å². The summed E-state index contributed by atoms with van der Waals surface area (Å²) in [5, 5.41) is 20.0. The zero-order valence-corrected chi connectivity index (χ0v) is 13.3. The van der Waals surface area contributed by atoms with E-state index in [1.165, 1.54) is 4.90 Å². The van der Waals surface area contributed by atoms with Gasteiger partial charge in [0, 0.05) is 13.0 Å². The van der Waals surface area contributed by atoms with Crippen LogP contribution < -0.4 is 15.0 Å². The molecule has 2 rings (SSSR count). The smallest absolute Gasteiger partial charge is 0.328 e. The highest BCUT2D eigenvalue weighted by Gasteiger charge is 2.33. The normalized spacial score (nSPS) is 17.7. The second-order valence-electron chi connectivity index (χ2n) is 5.36. The van der Waals surface area contributed by atoms with Gasteiger partial charge < -0.3 is 25.2 Å². The van der Waals surface area contributed by atoms with Crippen molar-refractivity contribution in [1.29, 1.82) is 0 Å². The van der Waals surface area contributed by atoms with Gasteiger partial charge in [-0.15, -0.1) is 0 Å². The topological polar surface area (TPSA) is 116 Å². The molecule has 0 saturated heterocycles. The van der Waals surface area contributed by atoms with Crippen molar-refractivity contribution in [2.75, 3.05) is 18.1 Å². The van der Waals surface area contributed by atoms with Crippen LogP contribution in [0.2, 0.25) is 0 Å². The quantitative estimate of drug-likeness (QED) is 0.652. The Labute approximate surface area is 139 Å². The lowest BCUT2D eigenvalue weighted by atomic mass is 10.1. The van der Waals surface area contributed by atoms with Crippen molar-refractivity contribution in [3.8, 4) is 5.75 Å². The summed E-state index contributed by atoms with van der Waals surface area (Å²) in [5.41, 5.74) is 0.581. The second-order valence-corrected chi connectivity index (χ2v) is 5.36. The van der Waals surface area contributed by atoms with E-state index in [9.17, 15) is 14.4 Å². The average molecular weight is 336 g/mol. The molecule has 1 heterocycles. The van der Waals surface area contributed by atoms with Gasteiger partial charge in [0.05, 0.1) is 12.3 Å². The predicted molar refractivity (Wildman–Crippen MR) is 84.8 cm³/mol. The van der Waals surface area contributed by atoms with Crippen LogP contribution in [0.25, 0.3) is 0 Å². The van der Waals surface area contributed by atoms with Gasteiger partial charge >= 0.3 is 5.97 Å². The molecule has 24 heavy (non-hydrogen) atoms. The van der Waals surface area contributed by atoms with Crippen LogP contribution in [-0.4, -0.2) is 53.3 Å². The molecule has 1 aromatic carbocycles. The SMILES string of the molecule is CCC1Oc2ccccc2N(CCC(=O)NC(CO)C(=O)O)C1=O. The lowest BCUT2D eigenvalue weighted by Gasteiger charge is -2.34. The maximum Gasteiger partial charge on any atom is 0.328 e. The number of hydrogen-bond acceptors (Lipinski definition) is 5. The molecule has 0 fully saturated rings. The van der Waals surface area contributed by atoms with Crippen molar-refractivity contribution in [3.05, 3.63) is 24.3 Å². The first-order valence-electron chi connectivity index (χ1n) is 7.68. The van der Waals surface area contributed by atoms with Crippen LogP contribution in [0, 0.1) is 0 Å². The number of nitrogens with one attached hydrogen (secondary N) is 1. The lowest BCUT2D eigenvalue weighted by molar-refractivity contribution is -0.143. The second kappa shape index (κ2) is 7.78. The number of rotatable bonds is 7. The third-order valence-electron chi connectivity index (χ3n) is 3.72. The maximum atomic E-state index is 12.5. The van der Waals surface area contributed by atoms with Crippen LogP contribution in [0.1, 0.15) is 19.8 Å². The number of aliphatic hydroxyl groups is 1. The fourth-order valence-corrected chi connectivity index (χ4v) is 2.43. The van der Waals surface area contributed by atoms with E-state index in [0.717, 1.165) is 0 Å². The van der Waals surface area contributed by atoms with Crippen molar-refractivity contribution in [2.45, 2.75) is 31.9 Å². The molecule has 0 aromatic heterocycles.